The Morgan fingerprint density at radius 1 is 1.09 bits per heavy atom. The number of sulfonamides is 1. The summed E-state index contributed by atoms with van der Waals surface area (Å²) in [5.41, 5.74) is 7.68. The number of rotatable bonds is 15. The number of amides is 2. The van der Waals surface area contributed by atoms with Gasteiger partial charge in [0, 0.05) is 25.3 Å². The summed E-state index contributed by atoms with van der Waals surface area (Å²) in [7, 11) is -3.50. The number of hydrogen-bond donors (Lipinski definition) is 3. The van der Waals surface area contributed by atoms with Crippen LogP contribution in [-0.2, 0) is 30.8 Å². The van der Waals surface area contributed by atoms with Gasteiger partial charge in [-0.1, -0.05) is 43.5 Å². The number of nitrogens with zero attached hydrogens (tertiary/aromatic N) is 2. The van der Waals surface area contributed by atoms with Gasteiger partial charge in [0.05, 0.1) is 24.8 Å². The number of ketones is 1. The minimum absolute atomic E-state index is 0.0415. The van der Waals surface area contributed by atoms with E-state index in [2.05, 4.69) is 15.0 Å². The Balaban J connectivity index is 1.33. The Labute approximate surface area is 275 Å². The molecule has 1 aliphatic carbocycles. The number of likely N-dealkylation sites (tertiary alicyclic amines) is 1. The number of unbranched alkanes of at least 4 members (excludes halogenated alkanes) is 1. The second-order valence-electron chi connectivity index (χ2n) is 12.7. The third kappa shape index (κ3) is 9.61. The number of anilines is 1. The SMILES string of the molecule is CS(=O)(=O)Nc1cccc(CC(=O)N2C[C@H](OCC3CCCCC3)C[C@H]2C(=O)N[C@@H](CCCCN)C(=O)c2nc3ccccc3o2)c1. The maximum atomic E-state index is 14.0. The molecule has 0 radical (unpaired) electrons. The van der Waals surface area contributed by atoms with E-state index in [9.17, 15) is 22.8 Å². The third-order valence-corrected chi connectivity index (χ3v) is 9.45. The van der Waals surface area contributed by atoms with E-state index in [1.165, 1.54) is 24.2 Å². The van der Waals surface area contributed by atoms with Crippen molar-refractivity contribution >= 4 is 44.4 Å². The zero-order valence-electron chi connectivity index (χ0n) is 26.9. The molecule has 2 heterocycles. The first-order valence-electron chi connectivity index (χ1n) is 16.5. The van der Waals surface area contributed by atoms with Crippen LogP contribution in [0, 0.1) is 5.92 Å². The van der Waals surface area contributed by atoms with Gasteiger partial charge in [-0.2, -0.15) is 0 Å². The summed E-state index contributed by atoms with van der Waals surface area (Å²) in [6.07, 6.45) is 8.41. The van der Waals surface area contributed by atoms with Crippen molar-refractivity contribution in [2.24, 2.45) is 11.7 Å². The van der Waals surface area contributed by atoms with Crippen molar-refractivity contribution in [1.82, 2.24) is 15.2 Å². The summed E-state index contributed by atoms with van der Waals surface area (Å²) < 4.78 is 38.0. The molecule has 254 valence electrons. The molecule has 2 aromatic carbocycles. The van der Waals surface area contributed by atoms with Crippen LogP contribution in [0.25, 0.3) is 11.1 Å². The van der Waals surface area contributed by atoms with Gasteiger partial charge in [-0.05, 0) is 74.4 Å². The monoisotopic (exact) mass is 667 g/mol. The summed E-state index contributed by atoms with van der Waals surface area (Å²) in [5, 5.41) is 2.91. The zero-order chi connectivity index (χ0) is 33.4. The lowest BCUT2D eigenvalue weighted by molar-refractivity contribution is -0.138. The van der Waals surface area contributed by atoms with E-state index in [0.29, 0.717) is 67.1 Å². The number of carbonyl (C=O) groups excluding carboxylic acids is 3. The molecule has 3 aromatic rings. The predicted octanol–water partition coefficient (Wildman–Crippen LogP) is 3.80. The number of hydrogen-bond acceptors (Lipinski definition) is 9. The van der Waals surface area contributed by atoms with Crippen molar-refractivity contribution in [1.29, 1.82) is 0 Å². The lowest BCUT2D eigenvalue weighted by atomic mass is 9.90. The van der Waals surface area contributed by atoms with E-state index in [4.69, 9.17) is 14.9 Å². The van der Waals surface area contributed by atoms with Gasteiger partial charge in [-0.25, -0.2) is 13.4 Å². The highest BCUT2D eigenvalue weighted by atomic mass is 32.2. The molecule has 1 aromatic heterocycles. The fraction of sp³-hybridized carbons (Fsp3) is 0.529. The van der Waals surface area contributed by atoms with E-state index in [1.807, 2.05) is 0 Å². The van der Waals surface area contributed by atoms with Crippen LogP contribution in [0.3, 0.4) is 0 Å². The Morgan fingerprint density at radius 3 is 2.62 bits per heavy atom. The van der Waals surface area contributed by atoms with Gasteiger partial charge in [0.2, 0.25) is 27.6 Å². The number of nitrogens with one attached hydrogen (secondary N) is 2. The average Bonchev–Trinajstić information content (AvgIpc) is 3.68. The quantitative estimate of drug-likeness (QED) is 0.161. The largest absolute Gasteiger partial charge is 0.434 e. The highest BCUT2D eigenvalue weighted by Gasteiger charge is 2.41. The topological polar surface area (TPSA) is 174 Å². The molecule has 1 aliphatic heterocycles. The normalized spacial score (nSPS) is 19.5. The van der Waals surface area contributed by atoms with Gasteiger partial charge < -0.3 is 25.1 Å². The number of para-hydroxylation sites is 2. The van der Waals surface area contributed by atoms with Gasteiger partial charge in [-0.15, -0.1) is 0 Å². The van der Waals surface area contributed by atoms with Crippen LogP contribution in [0.5, 0.6) is 0 Å². The van der Waals surface area contributed by atoms with Crippen molar-refractivity contribution in [3.05, 3.63) is 60.0 Å². The smallest absolute Gasteiger partial charge is 0.266 e. The van der Waals surface area contributed by atoms with Crippen LogP contribution in [0.2, 0.25) is 0 Å². The highest BCUT2D eigenvalue weighted by Crippen LogP contribution is 2.28. The molecule has 47 heavy (non-hydrogen) atoms. The molecule has 0 spiro atoms. The van der Waals surface area contributed by atoms with Gasteiger partial charge in [0.15, 0.2) is 5.58 Å². The van der Waals surface area contributed by atoms with Crippen molar-refractivity contribution in [2.45, 2.75) is 82.4 Å². The molecular formula is C34H45N5O7S. The van der Waals surface area contributed by atoms with E-state index in [1.54, 1.807) is 48.5 Å². The Hall–Kier alpha value is -3.81. The molecule has 1 saturated carbocycles. The summed E-state index contributed by atoms with van der Waals surface area (Å²) in [6.45, 7) is 1.27. The molecule has 12 nitrogen and oxygen atoms in total. The van der Waals surface area contributed by atoms with Crippen LogP contribution in [-0.4, -0.2) is 80.0 Å². The second-order valence-corrected chi connectivity index (χ2v) is 14.5. The Kier molecular flexibility index (Phi) is 11.6. The minimum atomic E-state index is -3.50. The number of carbonyl (C=O) groups is 3. The fourth-order valence-corrected chi connectivity index (χ4v) is 7.01. The molecule has 2 fully saturated rings. The fourth-order valence-electron chi connectivity index (χ4n) is 6.46. The molecule has 1 saturated heterocycles. The lowest BCUT2D eigenvalue weighted by Crippen LogP contribution is -2.51. The standard InChI is InChI=1S/C34H45N5O7S/c1-47(43,44)38-25-13-9-12-24(18-25)19-31(40)39-21-26(45-22-23-10-3-2-4-11-23)20-29(39)33(42)36-28(15-7-8-17-35)32(41)34-37-27-14-5-6-16-30(27)46-34/h5-6,9,12-14,16,18,23,26,28-29,38H,2-4,7-8,10-11,15,17,19-22,35H2,1H3,(H,36,42)/t26-,28+,29+/m1/s1. The summed E-state index contributed by atoms with van der Waals surface area (Å²) >= 11 is 0. The molecule has 0 unspecified atom stereocenters. The van der Waals surface area contributed by atoms with Crippen LogP contribution >= 0.6 is 0 Å². The third-order valence-electron chi connectivity index (χ3n) is 8.85. The molecule has 13 heteroatoms. The molecule has 5 rings (SSSR count). The molecule has 2 aliphatic rings. The van der Waals surface area contributed by atoms with E-state index >= 15 is 0 Å². The van der Waals surface area contributed by atoms with Crippen LogP contribution < -0.4 is 15.8 Å². The molecule has 3 atom stereocenters. The summed E-state index contributed by atoms with van der Waals surface area (Å²) in [6, 6.07) is 11.9. The maximum Gasteiger partial charge on any atom is 0.266 e. The molecule has 4 N–H and O–H groups in total. The average molecular weight is 668 g/mol. The Bertz CT molecular complexity index is 1620. The van der Waals surface area contributed by atoms with Crippen molar-refractivity contribution in [3.8, 4) is 0 Å². The minimum Gasteiger partial charge on any atom is -0.434 e. The van der Waals surface area contributed by atoms with Gasteiger partial charge in [-0.3, -0.25) is 19.1 Å². The first kappa shape index (κ1) is 34.5. The van der Waals surface area contributed by atoms with Crippen LogP contribution in [0.4, 0.5) is 5.69 Å². The van der Waals surface area contributed by atoms with E-state index < -0.39 is 33.8 Å². The number of oxazole rings is 1. The predicted molar refractivity (Wildman–Crippen MR) is 178 cm³/mol. The summed E-state index contributed by atoms with van der Waals surface area (Å²) in [4.78, 5) is 47.2. The van der Waals surface area contributed by atoms with Gasteiger partial charge in [0.25, 0.3) is 5.89 Å². The number of Topliss-reactive ketones (excluding diaryl/α,β-unsaturated/α-hetero) is 1. The van der Waals surface area contributed by atoms with E-state index in [0.717, 1.165) is 19.1 Å². The Morgan fingerprint density at radius 2 is 1.87 bits per heavy atom. The van der Waals surface area contributed by atoms with Crippen LogP contribution in [0.15, 0.2) is 52.9 Å². The van der Waals surface area contributed by atoms with Crippen molar-refractivity contribution in [2.75, 3.05) is 30.7 Å². The van der Waals surface area contributed by atoms with Crippen molar-refractivity contribution in [3.63, 3.8) is 0 Å². The second kappa shape index (κ2) is 15.9. The number of nitrogens with two attached hydrogens (primary N) is 1. The number of ether oxygens (including phenoxy) is 1. The van der Waals surface area contributed by atoms with Gasteiger partial charge in [0.1, 0.15) is 11.6 Å². The molecular weight excluding hydrogens is 622 g/mol. The van der Waals surface area contributed by atoms with Crippen molar-refractivity contribution < 1.29 is 32.0 Å². The molecule has 0 bridgehead atoms. The van der Waals surface area contributed by atoms with Crippen LogP contribution in [0.1, 0.15) is 74.0 Å². The lowest BCUT2D eigenvalue weighted by Gasteiger charge is -2.26. The highest BCUT2D eigenvalue weighted by molar-refractivity contribution is 7.92. The number of aromatic nitrogens is 1. The van der Waals surface area contributed by atoms with E-state index in [-0.39, 0.29) is 30.9 Å². The first-order chi connectivity index (χ1) is 22.6. The number of benzene rings is 2. The summed E-state index contributed by atoms with van der Waals surface area (Å²) in [5.74, 6) is -0.804. The maximum absolute atomic E-state index is 14.0. The molecule has 2 amide bonds. The zero-order valence-corrected chi connectivity index (χ0v) is 27.7. The number of fused-ring (bicyclic) bond motifs is 1. The van der Waals surface area contributed by atoms with Gasteiger partial charge >= 0.3 is 0 Å². The first-order valence-corrected chi connectivity index (χ1v) is 18.4.